The molecule has 5 nitrogen and oxygen atoms in total. The SMILES string of the molecule is CCCOc1ccc(/C=N\NC(=O)[C@H](C)SCc2ccccc2)cc1OCC. The molecular weight excluding hydrogens is 372 g/mol. The number of carbonyl (C=O) groups excluding carboxylic acids is 1. The van der Waals surface area contributed by atoms with Crippen molar-refractivity contribution in [2.45, 2.75) is 38.2 Å². The highest BCUT2D eigenvalue weighted by molar-refractivity contribution is 7.99. The molecule has 1 amide bonds. The van der Waals surface area contributed by atoms with Gasteiger partial charge in [0.05, 0.1) is 24.7 Å². The molecule has 28 heavy (non-hydrogen) atoms. The third-order valence-electron chi connectivity index (χ3n) is 3.83. The van der Waals surface area contributed by atoms with E-state index in [0.29, 0.717) is 19.0 Å². The van der Waals surface area contributed by atoms with E-state index in [1.165, 1.54) is 5.56 Å². The number of amides is 1. The molecule has 0 fully saturated rings. The van der Waals surface area contributed by atoms with Crippen LogP contribution in [0.1, 0.15) is 38.3 Å². The first-order valence-electron chi connectivity index (χ1n) is 9.52. The number of hydrogen-bond acceptors (Lipinski definition) is 5. The summed E-state index contributed by atoms with van der Waals surface area (Å²) in [4.78, 5) is 12.2. The average Bonchev–Trinajstić information content (AvgIpc) is 2.72. The molecule has 0 aliphatic carbocycles. The topological polar surface area (TPSA) is 59.9 Å². The maximum atomic E-state index is 12.2. The van der Waals surface area contributed by atoms with Gasteiger partial charge in [0.2, 0.25) is 0 Å². The van der Waals surface area contributed by atoms with Gasteiger partial charge in [0.1, 0.15) is 0 Å². The quantitative estimate of drug-likeness (QED) is 0.441. The van der Waals surface area contributed by atoms with Crippen LogP contribution in [0.5, 0.6) is 11.5 Å². The second kappa shape index (κ2) is 12.1. The summed E-state index contributed by atoms with van der Waals surface area (Å²) in [5.41, 5.74) is 4.63. The van der Waals surface area contributed by atoms with E-state index in [1.54, 1.807) is 18.0 Å². The fraction of sp³-hybridized carbons (Fsp3) is 0.364. The van der Waals surface area contributed by atoms with Crippen LogP contribution in [0.4, 0.5) is 0 Å². The molecule has 0 aliphatic heterocycles. The largest absolute Gasteiger partial charge is 0.490 e. The fourth-order valence-electron chi connectivity index (χ4n) is 2.34. The van der Waals surface area contributed by atoms with Crippen LogP contribution >= 0.6 is 11.8 Å². The van der Waals surface area contributed by atoms with Gasteiger partial charge >= 0.3 is 0 Å². The van der Waals surface area contributed by atoms with Crippen LogP contribution in [0.25, 0.3) is 0 Å². The van der Waals surface area contributed by atoms with E-state index >= 15 is 0 Å². The molecule has 0 aromatic heterocycles. The number of carbonyl (C=O) groups is 1. The molecule has 0 saturated heterocycles. The highest BCUT2D eigenvalue weighted by Gasteiger charge is 2.12. The molecule has 2 aromatic rings. The van der Waals surface area contributed by atoms with Gasteiger partial charge in [-0.3, -0.25) is 4.79 Å². The van der Waals surface area contributed by atoms with Gasteiger partial charge in [-0.05, 0) is 49.6 Å². The Bertz CT molecular complexity index is 766. The first-order valence-corrected chi connectivity index (χ1v) is 10.6. The van der Waals surface area contributed by atoms with Crippen molar-refractivity contribution in [3.05, 3.63) is 59.7 Å². The van der Waals surface area contributed by atoms with Crippen molar-refractivity contribution in [2.75, 3.05) is 13.2 Å². The Morgan fingerprint density at radius 3 is 2.64 bits per heavy atom. The molecular formula is C22H28N2O3S. The van der Waals surface area contributed by atoms with Crippen LogP contribution in [-0.2, 0) is 10.5 Å². The van der Waals surface area contributed by atoms with Gasteiger partial charge in [-0.1, -0.05) is 37.3 Å². The van der Waals surface area contributed by atoms with Gasteiger partial charge in [-0.15, -0.1) is 11.8 Å². The minimum absolute atomic E-state index is 0.120. The van der Waals surface area contributed by atoms with Crippen molar-refractivity contribution in [2.24, 2.45) is 5.10 Å². The number of nitrogens with one attached hydrogen (secondary N) is 1. The van der Waals surface area contributed by atoms with Gasteiger partial charge in [0.25, 0.3) is 5.91 Å². The molecule has 2 rings (SSSR count). The van der Waals surface area contributed by atoms with Gasteiger partial charge in [0.15, 0.2) is 11.5 Å². The highest BCUT2D eigenvalue weighted by atomic mass is 32.2. The molecule has 1 atom stereocenters. The van der Waals surface area contributed by atoms with Crippen LogP contribution in [0.2, 0.25) is 0 Å². The highest BCUT2D eigenvalue weighted by Crippen LogP contribution is 2.28. The maximum absolute atomic E-state index is 12.2. The molecule has 0 heterocycles. The van der Waals surface area contributed by atoms with Crippen molar-refractivity contribution < 1.29 is 14.3 Å². The van der Waals surface area contributed by atoms with Gasteiger partial charge in [-0.2, -0.15) is 5.10 Å². The van der Waals surface area contributed by atoms with E-state index in [1.807, 2.05) is 50.2 Å². The fourth-order valence-corrected chi connectivity index (χ4v) is 3.18. The summed E-state index contributed by atoms with van der Waals surface area (Å²) in [6.45, 7) is 7.06. The number of hydrogen-bond donors (Lipinski definition) is 1. The number of hydrazone groups is 1. The number of nitrogens with zero attached hydrogens (tertiary/aromatic N) is 1. The van der Waals surface area contributed by atoms with Crippen molar-refractivity contribution >= 4 is 23.9 Å². The monoisotopic (exact) mass is 400 g/mol. The molecule has 0 spiro atoms. The van der Waals surface area contributed by atoms with E-state index in [0.717, 1.165) is 23.5 Å². The van der Waals surface area contributed by atoms with Crippen LogP contribution in [0.15, 0.2) is 53.6 Å². The second-order valence-electron chi connectivity index (χ2n) is 6.16. The molecule has 0 saturated carbocycles. The van der Waals surface area contributed by atoms with Gasteiger partial charge < -0.3 is 9.47 Å². The molecule has 150 valence electrons. The summed E-state index contributed by atoms with van der Waals surface area (Å²) in [5.74, 6) is 2.06. The summed E-state index contributed by atoms with van der Waals surface area (Å²) in [6, 6.07) is 15.7. The van der Waals surface area contributed by atoms with Crippen LogP contribution in [-0.4, -0.2) is 30.6 Å². The minimum Gasteiger partial charge on any atom is -0.490 e. The zero-order valence-electron chi connectivity index (χ0n) is 16.7. The second-order valence-corrected chi connectivity index (χ2v) is 7.49. The van der Waals surface area contributed by atoms with E-state index < -0.39 is 0 Å². The molecule has 6 heteroatoms. The van der Waals surface area contributed by atoms with Crippen LogP contribution < -0.4 is 14.9 Å². The molecule has 1 N–H and O–H groups in total. The number of rotatable bonds is 11. The zero-order valence-corrected chi connectivity index (χ0v) is 17.5. The molecule has 2 aromatic carbocycles. The lowest BCUT2D eigenvalue weighted by molar-refractivity contribution is -0.120. The Morgan fingerprint density at radius 2 is 1.93 bits per heavy atom. The van der Waals surface area contributed by atoms with Crippen molar-refractivity contribution in [3.8, 4) is 11.5 Å². The Kier molecular flexibility index (Phi) is 9.42. The number of benzene rings is 2. The zero-order chi connectivity index (χ0) is 20.2. The lowest BCUT2D eigenvalue weighted by atomic mass is 10.2. The summed E-state index contributed by atoms with van der Waals surface area (Å²) >= 11 is 1.58. The lowest BCUT2D eigenvalue weighted by Crippen LogP contribution is -2.27. The first-order chi connectivity index (χ1) is 13.6. The Labute approximate surface area is 171 Å². The summed E-state index contributed by atoms with van der Waals surface area (Å²) in [6.07, 6.45) is 2.54. The number of thioether (sulfide) groups is 1. The van der Waals surface area contributed by atoms with Crippen LogP contribution in [0.3, 0.4) is 0 Å². The third-order valence-corrected chi connectivity index (χ3v) is 5.04. The minimum atomic E-state index is -0.193. The van der Waals surface area contributed by atoms with E-state index in [9.17, 15) is 4.79 Å². The molecule has 0 radical (unpaired) electrons. The summed E-state index contributed by atoms with van der Waals surface area (Å²) in [7, 11) is 0. The summed E-state index contributed by atoms with van der Waals surface area (Å²) in [5, 5.41) is 3.88. The molecule has 0 bridgehead atoms. The van der Waals surface area contributed by atoms with E-state index in [-0.39, 0.29) is 11.2 Å². The standard InChI is InChI=1S/C22H28N2O3S/c1-4-13-27-20-12-11-19(14-21(20)26-5-2)15-23-24-22(25)17(3)28-16-18-9-7-6-8-10-18/h6-12,14-15,17H,4-5,13,16H2,1-3H3,(H,24,25)/b23-15-/t17-/m0/s1. The maximum Gasteiger partial charge on any atom is 0.252 e. The average molecular weight is 401 g/mol. The number of ether oxygens (including phenoxy) is 2. The van der Waals surface area contributed by atoms with Crippen LogP contribution in [0, 0.1) is 0 Å². The lowest BCUT2D eigenvalue weighted by Gasteiger charge is -2.12. The third kappa shape index (κ3) is 7.27. The van der Waals surface area contributed by atoms with Gasteiger partial charge in [-0.25, -0.2) is 5.43 Å². The molecule has 0 unspecified atom stereocenters. The summed E-state index contributed by atoms with van der Waals surface area (Å²) < 4.78 is 11.3. The predicted molar refractivity (Wildman–Crippen MR) is 116 cm³/mol. The van der Waals surface area contributed by atoms with Gasteiger partial charge in [0, 0.05) is 5.75 Å². The molecule has 0 aliphatic rings. The smallest absolute Gasteiger partial charge is 0.252 e. The van der Waals surface area contributed by atoms with E-state index in [4.69, 9.17) is 9.47 Å². The Hall–Kier alpha value is -2.47. The normalized spacial score (nSPS) is 12.0. The Morgan fingerprint density at radius 1 is 1.14 bits per heavy atom. The van der Waals surface area contributed by atoms with Crippen molar-refractivity contribution in [1.29, 1.82) is 0 Å². The first kappa shape index (κ1) is 21.8. The van der Waals surface area contributed by atoms with Crippen molar-refractivity contribution in [1.82, 2.24) is 5.43 Å². The van der Waals surface area contributed by atoms with Crippen molar-refractivity contribution in [3.63, 3.8) is 0 Å². The predicted octanol–water partition coefficient (Wildman–Crippen LogP) is 4.65. The van der Waals surface area contributed by atoms with E-state index in [2.05, 4.69) is 29.6 Å². The Balaban J connectivity index is 1.88.